The molecular formula is C40H59N7O4. The minimum absolute atomic E-state index is 0.0257. The molecule has 0 radical (unpaired) electrons. The number of nitrogens with one attached hydrogen (secondary N) is 4. The van der Waals surface area contributed by atoms with Gasteiger partial charge in [-0.1, -0.05) is 70.5 Å². The highest BCUT2D eigenvalue weighted by atomic mass is 16.2. The summed E-state index contributed by atoms with van der Waals surface area (Å²) in [6, 6.07) is 10.5. The summed E-state index contributed by atoms with van der Waals surface area (Å²) in [5, 5.41) is 13.5. The SMILES string of the molecule is CC[C@H](C)[C@H](NC(=O)[C@H](N)Cc1ccccc1)C(=O)N[C@@H](C)C(=O)N1CCC(C2CC(C)CCN2)(C2CC(C)CCN2)[C@]1(C=O)c1cccnc1. The Bertz CT molecular complexity index is 1470. The first-order valence-electron chi connectivity index (χ1n) is 19.0. The number of likely N-dealkylation sites (tertiary alicyclic amines) is 1. The van der Waals surface area contributed by atoms with Crippen LogP contribution in [0.25, 0.3) is 0 Å². The number of hydrogen-bond acceptors (Lipinski definition) is 8. The molecule has 0 aliphatic carbocycles. The van der Waals surface area contributed by atoms with Crippen molar-refractivity contribution < 1.29 is 19.2 Å². The Kier molecular flexibility index (Phi) is 12.7. The van der Waals surface area contributed by atoms with E-state index < -0.39 is 40.9 Å². The first-order chi connectivity index (χ1) is 24.5. The Hall–Kier alpha value is -3.67. The van der Waals surface area contributed by atoms with E-state index in [1.54, 1.807) is 24.2 Å². The molecule has 11 nitrogen and oxygen atoms in total. The summed E-state index contributed by atoms with van der Waals surface area (Å²) in [6.07, 6.45) is 9.86. The van der Waals surface area contributed by atoms with Gasteiger partial charge in [-0.2, -0.15) is 0 Å². The monoisotopic (exact) mass is 701 g/mol. The molecule has 51 heavy (non-hydrogen) atoms. The quantitative estimate of drug-likeness (QED) is 0.200. The van der Waals surface area contributed by atoms with Crippen LogP contribution >= 0.6 is 0 Å². The molecular weight excluding hydrogens is 642 g/mol. The standard InChI is InChI=1S/C40H59N7O4/c1-6-28(4)35(46-36(49)32(41)23-30-11-8-7-9-12-30)37(50)45-29(5)38(51)47-20-16-39(33-21-26(2)14-18-43-33,34-22-27(3)15-19-44-34)40(47,25-48)31-13-10-17-42-24-31/h7-13,17,24-29,32-35,43-44H,6,14-16,18-23,41H2,1-5H3,(H,45,50)(H,46,49)/t26?,27?,28-,29-,32+,33?,34?,35-,39?,40-/m0/s1. The van der Waals surface area contributed by atoms with Crippen LogP contribution in [0.4, 0.5) is 0 Å². The van der Waals surface area contributed by atoms with E-state index in [2.05, 4.69) is 40.1 Å². The van der Waals surface area contributed by atoms with E-state index in [-0.39, 0.29) is 23.9 Å². The van der Waals surface area contributed by atoms with Crippen molar-refractivity contribution >= 4 is 24.0 Å². The number of pyridine rings is 1. The van der Waals surface area contributed by atoms with Gasteiger partial charge in [0.25, 0.3) is 0 Å². The number of carbonyl (C=O) groups is 4. The number of amides is 3. The van der Waals surface area contributed by atoms with Crippen LogP contribution < -0.4 is 27.0 Å². The zero-order valence-corrected chi connectivity index (χ0v) is 31.1. The number of nitrogens with two attached hydrogens (primary N) is 1. The molecule has 4 heterocycles. The van der Waals surface area contributed by atoms with E-state index in [4.69, 9.17) is 5.73 Å². The van der Waals surface area contributed by atoms with Gasteiger partial charge in [0.05, 0.1) is 6.04 Å². The number of aromatic nitrogens is 1. The van der Waals surface area contributed by atoms with Gasteiger partial charge in [0, 0.05) is 42.0 Å². The summed E-state index contributed by atoms with van der Waals surface area (Å²) in [6.45, 7) is 12.1. The zero-order chi connectivity index (χ0) is 36.8. The largest absolute Gasteiger partial charge is 0.343 e. The van der Waals surface area contributed by atoms with Crippen molar-refractivity contribution in [1.29, 1.82) is 0 Å². The van der Waals surface area contributed by atoms with Gasteiger partial charge in [-0.25, -0.2) is 0 Å². The maximum absolute atomic E-state index is 14.8. The predicted molar refractivity (Wildman–Crippen MR) is 198 cm³/mol. The van der Waals surface area contributed by atoms with Gasteiger partial charge in [0.1, 0.15) is 17.6 Å². The maximum atomic E-state index is 14.8. The number of aldehydes is 1. The number of piperidine rings is 2. The highest BCUT2D eigenvalue weighted by molar-refractivity contribution is 5.94. The summed E-state index contributed by atoms with van der Waals surface area (Å²) in [5.74, 6) is -0.526. The molecule has 2 aromatic rings. The van der Waals surface area contributed by atoms with Crippen molar-refractivity contribution in [2.75, 3.05) is 19.6 Å². The van der Waals surface area contributed by atoms with Crippen LogP contribution in [-0.4, -0.2) is 83.7 Å². The van der Waals surface area contributed by atoms with Gasteiger partial charge in [0.15, 0.2) is 6.29 Å². The molecule has 3 aliphatic rings. The van der Waals surface area contributed by atoms with E-state index in [0.717, 1.165) is 50.6 Å². The minimum atomic E-state index is -1.34. The van der Waals surface area contributed by atoms with Gasteiger partial charge >= 0.3 is 0 Å². The van der Waals surface area contributed by atoms with E-state index in [1.165, 1.54) is 0 Å². The van der Waals surface area contributed by atoms with E-state index >= 15 is 0 Å². The first kappa shape index (κ1) is 38.6. The molecule has 0 spiro atoms. The fraction of sp³-hybridized carbons (Fsp3) is 0.625. The Morgan fingerprint density at radius 3 is 2.18 bits per heavy atom. The number of rotatable bonds is 13. The lowest BCUT2D eigenvalue weighted by atomic mass is 9.55. The first-order valence-corrected chi connectivity index (χ1v) is 19.0. The molecule has 6 N–H and O–H groups in total. The second-order valence-electron chi connectivity index (χ2n) is 15.6. The van der Waals surface area contributed by atoms with E-state index in [0.29, 0.717) is 43.2 Å². The fourth-order valence-electron chi connectivity index (χ4n) is 9.10. The molecule has 3 aliphatic heterocycles. The lowest BCUT2D eigenvalue weighted by Crippen LogP contribution is -2.70. The highest BCUT2D eigenvalue weighted by Crippen LogP contribution is 2.58. The van der Waals surface area contributed by atoms with E-state index in [1.807, 2.05) is 56.3 Å². The molecule has 3 amide bonds. The van der Waals surface area contributed by atoms with Gasteiger partial charge in [-0.05, 0) is 87.9 Å². The van der Waals surface area contributed by atoms with Crippen LogP contribution in [0.3, 0.4) is 0 Å². The molecule has 3 fully saturated rings. The lowest BCUT2D eigenvalue weighted by molar-refractivity contribution is -0.150. The summed E-state index contributed by atoms with van der Waals surface area (Å²) in [5.41, 5.74) is 5.89. The van der Waals surface area contributed by atoms with Crippen LogP contribution in [0.1, 0.15) is 84.3 Å². The molecule has 0 bridgehead atoms. The Morgan fingerprint density at radius 1 is 0.980 bits per heavy atom. The smallest absolute Gasteiger partial charge is 0.245 e. The molecule has 4 unspecified atom stereocenters. The molecule has 278 valence electrons. The fourth-order valence-corrected chi connectivity index (χ4v) is 9.10. The van der Waals surface area contributed by atoms with Crippen molar-refractivity contribution in [2.45, 2.75) is 115 Å². The average Bonchev–Trinajstić information content (AvgIpc) is 3.50. The van der Waals surface area contributed by atoms with Crippen LogP contribution in [-0.2, 0) is 31.1 Å². The van der Waals surface area contributed by atoms with Crippen molar-refractivity contribution in [3.8, 4) is 0 Å². The molecule has 0 saturated carbocycles. The third-order valence-corrected chi connectivity index (χ3v) is 12.2. The second-order valence-corrected chi connectivity index (χ2v) is 15.6. The second kappa shape index (κ2) is 16.8. The Balaban J connectivity index is 1.45. The maximum Gasteiger partial charge on any atom is 0.245 e. The topological polar surface area (TPSA) is 159 Å². The Morgan fingerprint density at radius 2 is 1.63 bits per heavy atom. The third-order valence-electron chi connectivity index (χ3n) is 12.2. The van der Waals surface area contributed by atoms with Crippen LogP contribution in [0.2, 0.25) is 0 Å². The molecule has 1 aromatic heterocycles. The van der Waals surface area contributed by atoms with Crippen LogP contribution in [0.5, 0.6) is 0 Å². The number of hydrogen-bond donors (Lipinski definition) is 5. The van der Waals surface area contributed by atoms with Crippen molar-refractivity contribution in [2.24, 2.45) is 28.9 Å². The molecule has 1 aromatic carbocycles. The van der Waals surface area contributed by atoms with Crippen molar-refractivity contribution in [3.05, 3.63) is 66.0 Å². The van der Waals surface area contributed by atoms with E-state index in [9.17, 15) is 19.2 Å². The van der Waals surface area contributed by atoms with Gasteiger partial charge < -0.3 is 36.7 Å². The van der Waals surface area contributed by atoms with Gasteiger partial charge in [0.2, 0.25) is 17.7 Å². The Labute approximate surface area is 303 Å². The summed E-state index contributed by atoms with van der Waals surface area (Å²) < 4.78 is 0. The number of carbonyl (C=O) groups excluding carboxylic acids is 4. The van der Waals surface area contributed by atoms with Crippen LogP contribution in [0.15, 0.2) is 54.9 Å². The molecule has 3 saturated heterocycles. The van der Waals surface area contributed by atoms with Gasteiger partial charge in [-0.15, -0.1) is 0 Å². The summed E-state index contributed by atoms with van der Waals surface area (Å²) in [7, 11) is 0. The normalized spacial score (nSPS) is 30.4. The average molecular weight is 702 g/mol. The van der Waals surface area contributed by atoms with Crippen molar-refractivity contribution in [1.82, 2.24) is 31.2 Å². The number of benzene rings is 1. The third kappa shape index (κ3) is 7.76. The number of nitrogens with zero attached hydrogens (tertiary/aromatic N) is 2. The summed E-state index contributed by atoms with van der Waals surface area (Å²) in [4.78, 5) is 62.3. The van der Waals surface area contributed by atoms with Crippen LogP contribution in [0, 0.1) is 23.2 Å². The van der Waals surface area contributed by atoms with Gasteiger partial charge in [-0.3, -0.25) is 19.4 Å². The zero-order valence-electron chi connectivity index (χ0n) is 31.1. The highest BCUT2D eigenvalue weighted by Gasteiger charge is 2.68. The predicted octanol–water partition coefficient (Wildman–Crippen LogP) is 3.08. The lowest BCUT2D eigenvalue weighted by Gasteiger charge is -2.57. The molecule has 11 heteroatoms. The van der Waals surface area contributed by atoms with Crippen molar-refractivity contribution in [3.63, 3.8) is 0 Å². The molecule has 9 atom stereocenters. The minimum Gasteiger partial charge on any atom is -0.343 e. The molecule has 5 rings (SSSR count). The summed E-state index contributed by atoms with van der Waals surface area (Å²) >= 11 is 0.